The lowest BCUT2D eigenvalue weighted by Gasteiger charge is -2.15. The minimum atomic E-state index is -0.368. The highest BCUT2D eigenvalue weighted by atomic mass is 32.1. The van der Waals surface area contributed by atoms with Crippen molar-refractivity contribution < 1.29 is 9.59 Å². The topological polar surface area (TPSA) is 61.4 Å². The summed E-state index contributed by atoms with van der Waals surface area (Å²) in [5, 5.41) is 7.64. The zero-order chi connectivity index (χ0) is 14.5. The molecule has 110 valence electrons. The lowest BCUT2D eigenvalue weighted by atomic mass is 10.1. The van der Waals surface area contributed by atoms with Crippen LogP contribution in [0, 0.1) is 5.92 Å². The molecule has 2 rings (SSSR count). The number of nitrogens with zero attached hydrogens (tertiary/aromatic N) is 1. The lowest BCUT2D eigenvalue weighted by Crippen LogP contribution is -2.46. The second kappa shape index (κ2) is 6.74. The molecule has 2 N–H and O–H groups in total. The summed E-state index contributed by atoms with van der Waals surface area (Å²) < 4.78 is 0. The molecule has 1 aromatic rings. The fourth-order valence-corrected chi connectivity index (χ4v) is 3.15. The van der Waals surface area contributed by atoms with Gasteiger partial charge >= 0.3 is 6.03 Å². The summed E-state index contributed by atoms with van der Waals surface area (Å²) >= 11 is 1.73. The van der Waals surface area contributed by atoms with Crippen molar-refractivity contribution in [2.24, 2.45) is 5.92 Å². The van der Waals surface area contributed by atoms with Crippen molar-refractivity contribution in [3.8, 4) is 0 Å². The van der Waals surface area contributed by atoms with Gasteiger partial charge in [-0.25, -0.2) is 4.79 Å². The molecule has 0 radical (unpaired) electrons. The Bertz CT molecular complexity index is 461. The Labute approximate surface area is 123 Å². The summed E-state index contributed by atoms with van der Waals surface area (Å²) in [4.78, 5) is 26.4. The molecule has 1 aromatic heterocycles. The van der Waals surface area contributed by atoms with Gasteiger partial charge < -0.3 is 15.5 Å². The number of carbonyl (C=O) groups excluding carboxylic acids is 2. The quantitative estimate of drug-likeness (QED) is 0.864. The number of rotatable bonds is 5. The number of hydrogen-bond donors (Lipinski definition) is 2. The molecule has 20 heavy (non-hydrogen) atoms. The van der Waals surface area contributed by atoms with Crippen molar-refractivity contribution in [1.82, 2.24) is 15.5 Å². The van der Waals surface area contributed by atoms with Crippen LogP contribution in [0.25, 0.3) is 0 Å². The molecule has 2 atom stereocenters. The van der Waals surface area contributed by atoms with Crippen LogP contribution in [0.3, 0.4) is 0 Å². The second-order valence-electron chi connectivity index (χ2n) is 5.34. The Hall–Kier alpha value is -1.56. The number of thiophene rings is 1. The SMILES string of the molecule is C[C@@H](CNC(=O)N[C@@H]1CCN(C)C1=O)Cc1cccs1. The number of carbonyl (C=O) groups is 2. The van der Waals surface area contributed by atoms with E-state index in [1.807, 2.05) is 6.07 Å². The summed E-state index contributed by atoms with van der Waals surface area (Å²) in [6.07, 6.45) is 1.65. The maximum absolute atomic E-state index is 11.8. The number of urea groups is 1. The number of likely N-dealkylation sites (N-methyl/N-ethyl adjacent to an activating group) is 1. The Morgan fingerprint density at radius 3 is 3.00 bits per heavy atom. The van der Waals surface area contributed by atoms with Gasteiger partial charge in [0.1, 0.15) is 6.04 Å². The molecule has 0 aliphatic carbocycles. The number of likely N-dealkylation sites (tertiary alicyclic amines) is 1. The van der Waals surface area contributed by atoms with Crippen LogP contribution >= 0.6 is 11.3 Å². The molecule has 6 heteroatoms. The summed E-state index contributed by atoms with van der Waals surface area (Å²) in [6, 6.07) is 3.52. The average Bonchev–Trinajstić information content (AvgIpc) is 3.02. The first-order chi connectivity index (χ1) is 9.56. The van der Waals surface area contributed by atoms with E-state index in [1.54, 1.807) is 23.3 Å². The minimum absolute atomic E-state index is 0.00761. The van der Waals surface area contributed by atoms with Crippen LogP contribution < -0.4 is 10.6 Å². The van der Waals surface area contributed by atoms with Crippen LogP contribution in [-0.4, -0.2) is 43.0 Å². The first-order valence-electron chi connectivity index (χ1n) is 6.88. The summed E-state index contributed by atoms with van der Waals surface area (Å²) in [6.45, 7) is 3.42. The van der Waals surface area contributed by atoms with Crippen molar-refractivity contribution in [2.45, 2.75) is 25.8 Å². The highest BCUT2D eigenvalue weighted by Crippen LogP contribution is 2.13. The molecule has 0 bridgehead atoms. The first kappa shape index (κ1) is 14.8. The third-order valence-corrected chi connectivity index (χ3v) is 4.37. The zero-order valence-corrected chi connectivity index (χ0v) is 12.7. The number of amides is 3. The third-order valence-electron chi connectivity index (χ3n) is 3.47. The molecule has 0 saturated carbocycles. The van der Waals surface area contributed by atoms with E-state index in [0.29, 0.717) is 25.4 Å². The zero-order valence-electron chi connectivity index (χ0n) is 11.9. The molecule has 0 aromatic carbocycles. The van der Waals surface area contributed by atoms with E-state index in [4.69, 9.17) is 0 Å². The highest BCUT2D eigenvalue weighted by Gasteiger charge is 2.30. The van der Waals surface area contributed by atoms with Gasteiger partial charge in [0.25, 0.3) is 0 Å². The van der Waals surface area contributed by atoms with E-state index >= 15 is 0 Å². The van der Waals surface area contributed by atoms with Crippen LogP contribution in [0.2, 0.25) is 0 Å². The maximum atomic E-state index is 11.8. The molecule has 2 heterocycles. The van der Waals surface area contributed by atoms with Crippen molar-refractivity contribution in [3.63, 3.8) is 0 Å². The maximum Gasteiger partial charge on any atom is 0.315 e. The van der Waals surface area contributed by atoms with E-state index in [2.05, 4.69) is 29.0 Å². The van der Waals surface area contributed by atoms with Crippen molar-refractivity contribution in [3.05, 3.63) is 22.4 Å². The Morgan fingerprint density at radius 2 is 2.40 bits per heavy atom. The van der Waals surface area contributed by atoms with Crippen LogP contribution in [0.1, 0.15) is 18.2 Å². The summed E-state index contributed by atoms with van der Waals surface area (Å²) in [5.74, 6) is 0.369. The normalized spacial score (nSPS) is 20.0. The van der Waals surface area contributed by atoms with E-state index in [-0.39, 0.29) is 18.0 Å². The van der Waals surface area contributed by atoms with Crippen molar-refractivity contribution >= 4 is 23.3 Å². The predicted octanol–water partition coefficient (Wildman–Crippen LogP) is 1.46. The third kappa shape index (κ3) is 3.96. The molecular weight excluding hydrogens is 274 g/mol. The van der Waals surface area contributed by atoms with Crippen LogP contribution in [0.15, 0.2) is 17.5 Å². The van der Waals surface area contributed by atoms with Gasteiger partial charge in [-0.1, -0.05) is 13.0 Å². The molecule has 1 fully saturated rings. The first-order valence-corrected chi connectivity index (χ1v) is 7.76. The van der Waals surface area contributed by atoms with Crippen molar-refractivity contribution in [2.75, 3.05) is 20.1 Å². The van der Waals surface area contributed by atoms with Gasteiger partial charge in [-0.05, 0) is 30.2 Å². The average molecular weight is 295 g/mol. The van der Waals surface area contributed by atoms with Crippen molar-refractivity contribution in [1.29, 1.82) is 0 Å². The lowest BCUT2D eigenvalue weighted by molar-refractivity contribution is -0.128. The van der Waals surface area contributed by atoms with Gasteiger partial charge in [0.15, 0.2) is 0 Å². The van der Waals surface area contributed by atoms with E-state index in [0.717, 1.165) is 6.42 Å². The van der Waals surface area contributed by atoms with Gasteiger partial charge in [-0.15, -0.1) is 11.3 Å². The highest BCUT2D eigenvalue weighted by molar-refractivity contribution is 7.09. The predicted molar refractivity (Wildman–Crippen MR) is 79.8 cm³/mol. The fraction of sp³-hybridized carbons (Fsp3) is 0.571. The van der Waals surface area contributed by atoms with Crippen LogP contribution in [0.5, 0.6) is 0 Å². The molecule has 0 unspecified atom stereocenters. The van der Waals surface area contributed by atoms with Gasteiger partial charge in [0.05, 0.1) is 0 Å². The van der Waals surface area contributed by atoms with Gasteiger partial charge in [-0.3, -0.25) is 4.79 Å². The van der Waals surface area contributed by atoms with E-state index in [9.17, 15) is 9.59 Å². The minimum Gasteiger partial charge on any atom is -0.344 e. The molecule has 3 amide bonds. The standard InChI is InChI=1S/C14H21N3O2S/c1-10(8-11-4-3-7-20-11)9-15-14(19)16-12-5-6-17(2)13(12)18/h3-4,7,10,12H,5-6,8-9H2,1-2H3,(H2,15,16,19)/t10-,12-/m1/s1. The molecule has 0 spiro atoms. The molecule has 5 nitrogen and oxygen atoms in total. The monoisotopic (exact) mass is 295 g/mol. The Balaban J connectivity index is 1.68. The Kier molecular flexibility index (Phi) is 5.00. The second-order valence-corrected chi connectivity index (χ2v) is 6.38. The van der Waals surface area contributed by atoms with E-state index < -0.39 is 0 Å². The molecule has 1 aliphatic rings. The van der Waals surface area contributed by atoms with E-state index in [1.165, 1.54) is 4.88 Å². The summed E-state index contributed by atoms with van der Waals surface area (Å²) in [7, 11) is 1.75. The summed E-state index contributed by atoms with van der Waals surface area (Å²) in [5.41, 5.74) is 0. The molecular formula is C14H21N3O2S. The smallest absolute Gasteiger partial charge is 0.315 e. The van der Waals surface area contributed by atoms with Crippen LogP contribution in [0.4, 0.5) is 4.79 Å². The Morgan fingerprint density at radius 1 is 1.60 bits per heavy atom. The van der Waals surface area contributed by atoms with Gasteiger partial charge in [0.2, 0.25) is 5.91 Å². The number of hydrogen-bond acceptors (Lipinski definition) is 3. The fourth-order valence-electron chi connectivity index (χ4n) is 2.28. The van der Waals surface area contributed by atoms with Gasteiger partial charge in [0, 0.05) is 25.0 Å². The molecule has 1 saturated heterocycles. The number of nitrogens with one attached hydrogen (secondary N) is 2. The van der Waals surface area contributed by atoms with Crippen LogP contribution in [-0.2, 0) is 11.2 Å². The largest absolute Gasteiger partial charge is 0.344 e. The van der Waals surface area contributed by atoms with Gasteiger partial charge in [-0.2, -0.15) is 0 Å². The molecule has 1 aliphatic heterocycles.